The van der Waals surface area contributed by atoms with Gasteiger partial charge in [0.25, 0.3) is 0 Å². The number of sulfone groups is 1. The average Bonchev–Trinajstić information content (AvgIpc) is 3.50. The van der Waals surface area contributed by atoms with Crippen LogP contribution in [0, 0.1) is 6.92 Å². The number of hydrogen-bond acceptors (Lipinski definition) is 7. The van der Waals surface area contributed by atoms with Crippen LogP contribution in [0.1, 0.15) is 40.8 Å². The number of fused-ring (bicyclic) bond motifs is 1. The van der Waals surface area contributed by atoms with Gasteiger partial charge in [-0.15, -0.1) is 11.3 Å². The van der Waals surface area contributed by atoms with Crippen molar-refractivity contribution in [2.75, 3.05) is 13.1 Å². The topological polar surface area (TPSA) is 98.0 Å². The number of para-hydroxylation sites is 1. The summed E-state index contributed by atoms with van der Waals surface area (Å²) in [6.07, 6.45) is -1.74. The molecule has 0 bridgehead atoms. The number of hydrogen-bond donors (Lipinski definition) is 0. The zero-order valence-electron chi connectivity index (χ0n) is 20.3. The van der Waals surface area contributed by atoms with E-state index in [-0.39, 0.29) is 34.7 Å². The third-order valence-electron chi connectivity index (χ3n) is 6.59. The van der Waals surface area contributed by atoms with Crippen LogP contribution < -0.4 is 0 Å². The molecule has 5 rings (SSSR count). The fraction of sp³-hybridized carbons (Fsp3) is 0.360. The molecule has 0 atom stereocenters. The number of aromatic nitrogens is 4. The van der Waals surface area contributed by atoms with E-state index in [0.717, 1.165) is 21.1 Å². The Hall–Kier alpha value is -3.32. The Balaban J connectivity index is 1.21. The number of likely N-dealkylation sites (tertiary alicyclic amines) is 1. The summed E-state index contributed by atoms with van der Waals surface area (Å²) in [6.45, 7) is 2.10. The van der Waals surface area contributed by atoms with E-state index in [1.54, 1.807) is 34.7 Å². The highest BCUT2D eigenvalue weighted by Gasteiger charge is 2.35. The average molecular weight is 564 g/mol. The number of carbonyl (C=O) groups is 1. The number of thiazole rings is 1. The Morgan fingerprint density at radius 3 is 2.61 bits per heavy atom. The molecule has 1 aliphatic rings. The molecule has 1 aliphatic heterocycles. The number of pyridine rings is 1. The number of piperidine rings is 1. The second kappa shape index (κ2) is 10.1. The van der Waals surface area contributed by atoms with Crippen LogP contribution in [0.4, 0.5) is 13.2 Å². The van der Waals surface area contributed by atoms with Crippen molar-refractivity contribution in [1.82, 2.24) is 24.6 Å². The van der Waals surface area contributed by atoms with Gasteiger partial charge in [0.05, 0.1) is 26.9 Å². The lowest BCUT2D eigenvalue weighted by molar-refractivity contribution is -0.142. The maximum Gasteiger partial charge on any atom is 0.435 e. The Labute approximate surface area is 221 Å². The quantitative estimate of drug-likeness (QED) is 0.340. The van der Waals surface area contributed by atoms with Crippen molar-refractivity contribution < 1.29 is 26.4 Å². The molecule has 0 saturated carbocycles. The summed E-state index contributed by atoms with van der Waals surface area (Å²) in [7, 11) is -3.67. The smallest absolute Gasteiger partial charge is 0.341 e. The van der Waals surface area contributed by atoms with Crippen molar-refractivity contribution in [2.24, 2.45) is 0 Å². The van der Waals surface area contributed by atoms with E-state index in [9.17, 15) is 26.4 Å². The highest BCUT2D eigenvalue weighted by atomic mass is 32.2. The summed E-state index contributed by atoms with van der Waals surface area (Å²) < 4.78 is 66.1. The van der Waals surface area contributed by atoms with Gasteiger partial charge in [0, 0.05) is 41.7 Å². The molecule has 0 N–H and O–H groups in total. The number of halogens is 3. The summed E-state index contributed by atoms with van der Waals surface area (Å²) >= 11 is 1.40. The molecule has 0 radical (unpaired) electrons. The number of carbonyl (C=O) groups excluding carboxylic acids is 1. The van der Waals surface area contributed by atoms with Gasteiger partial charge >= 0.3 is 6.18 Å². The Morgan fingerprint density at radius 1 is 1.16 bits per heavy atom. The molecule has 4 aromatic rings. The zero-order chi connectivity index (χ0) is 27.1. The first-order valence-corrected chi connectivity index (χ1v) is 14.4. The van der Waals surface area contributed by atoms with E-state index in [0.29, 0.717) is 37.1 Å². The molecular weight excluding hydrogens is 539 g/mol. The zero-order valence-corrected chi connectivity index (χ0v) is 22.0. The summed E-state index contributed by atoms with van der Waals surface area (Å²) in [6, 6.07) is 9.56. The van der Waals surface area contributed by atoms with Gasteiger partial charge in [-0.25, -0.2) is 13.4 Å². The standard InChI is InChI=1S/C25H24F3N5O3S2/c1-16-12-21(25(26,27)28)31-33(16)13-22(34)32-10-7-18(8-11-32)24-30-19(14-37-24)15-38(35,36)20-6-2-4-17-5-3-9-29-23(17)20/h2-6,9,12,14,18H,7-8,10-11,13,15H2,1H3. The predicted molar refractivity (Wildman–Crippen MR) is 135 cm³/mol. The Morgan fingerprint density at radius 2 is 1.89 bits per heavy atom. The molecule has 200 valence electrons. The molecule has 1 saturated heterocycles. The normalized spacial score (nSPS) is 15.3. The minimum Gasteiger partial charge on any atom is -0.341 e. The van der Waals surface area contributed by atoms with E-state index in [1.807, 2.05) is 12.1 Å². The van der Waals surface area contributed by atoms with Gasteiger partial charge in [-0.3, -0.25) is 14.5 Å². The van der Waals surface area contributed by atoms with Crippen LogP contribution in [0.5, 0.6) is 0 Å². The number of aryl methyl sites for hydroxylation is 1. The maximum atomic E-state index is 13.2. The minimum atomic E-state index is -4.56. The molecule has 0 spiro atoms. The lowest BCUT2D eigenvalue weighted by Gasteiger charge is -2.31. The van der Waals surface area contributed by atoms with Gasteiger partial charge in [-0.2, -0.15) is 18.3 Å². The third kappa shape index (κ3) is 5.44. The molecule has 13 heteroatoms. The lowest BCUT2D eigenvalue weighted by Crippen LogP contribution is -2.40. The van der Waals surface area contributed by atoms with Gasteiger partial charge in [-0.1, -0.05) is 18.2 Å². The first-order valence-electron chi connectivity index (χ1n) is 11.9. The maximum absolute atomic E-state index is 13.2. The monoisotopic (exact) mass is 563 g/mol. The fourth-order valence-corrected chi connectivity index (χ4v) is 7.13. The van der Waals surface area contributed by atoms with Crippen molar-refractivity contribution in [3.63, 3.8) is 0 Å². The fourth-order valence-electron chi connectivity index (χ4n) is 4.59. The first kappa shape index (κ1) is 26.3. The van der Waals surface area contributed by atoms with E-state index in [4.69, 9.17) is 0 Å². The van der Waals surface area contributed by atoms with Crippen LogP contribution in [0.3, 0.4) is 0 Å². The number of nitrogens with zero attached hydrogens (tertiary/aromatic N) is 5. The van der Waals surface area contributed by atoms with Crippen molar-refractivity contribution in [3.8, 4) is 0 Å². The van der Waals surface area contributed by atoms with Crippen molar-refractivity contribution in [3.05, 3.63) is 70.1 Å². The van der Waals surface area contributed by atoms with E-state index in [2.05, 4.69) is 15.1 Å². The molecule has 38 heavy (non-hydrogen) atoms. The van der Waals surface area contributed by atoms with Crippen molar-refractivity contribution >= 4 is 38.0 Å². The number of benzene rings is 1. The van der Waals surface area contributed by atoms with E-state index >= 15 is 0 Å². The van der Waals surface area contributed by atoms with Crippen molar-refractivity contribution in [1.29, 1.82) is 0 Å². The van der Waals surface area contributed by atoms with E-state index < -0.39 is 21.7 Å². The highest BCUT2D eigenvalue weighted by Crippen LogP contribution is 2.32. The van der Waals surface area contributed by atoms with Crippen LogP contribution in [-0.2, 0) is 33.1 Å². The van der Waals surface area contributed by atoms with Crippen LogP contribution in [0.2, 0.25) is 0 Å². The van der Waals surface area contributed by atoms with Gasteiger partial charge in [0.1, 0.15) is 6.54 Å². The summed E-state index contributed by atoms with van der Waals surface area (Å²) in [5.74, 6) is -0.458. The predicted octanol–water partition coefficient (Wildman–Crippen LogP) is 4.60. The Kier molecular flexibility index (Phi) is 6.99. The summed E-state index contributed by atoms with van der Waals surface area (Å²) in [5.41, 5.74) is 0.151. The number of amides is 1. The molecule has 3 aromatic heterocycles. The molecule has 0 aliphatic carbocycles. The molecule has 4 heterocycles. The second-order valence-corrected chi connectivity index (χ2v) is 12.1. The Bertz CT molecular complexity index is 1580. The van der Waals surface area contributed by atoms with E-state index in [1.165, 1.54) is 18.3 Å². The lowest BCUT2D eigenvalue weighted by atomic mass is 9.97. The molecular formula is C25H24F3N5O3S2. The molecule has 1 fully saturated rings. The van der Waals surface area contributed by atoms with Gasteiger partial charge < -0.3 is 4.90 Å². The molecule has 0 unspecified atom stereocenters. The molecule has 1 aromatic carbocycles. The number of rotatable bonds is 6. The summed E-state index contributed by atoms with van der Waals surface area (Å²) in [4.78, 5) is 23.3. The van der Waals surface area contributed by atoms with Gasteiger partial charge in [0.2, 0.25) is 5.91 Å². The van der Waals surface area contributed by atoms with Gasteiger partial charge in [0.15, 0.2) is 15.5 Å². The first-order chi connectivity index (χ1) is 18.0. The SMILES string of the molecule is Cc1cc(C(F)(F)F)nn1CC(=O)N1CCC(c2nc(CS(=O)(=O)c3cccc4cccnc34)cs2)CC1. The van der Waals surface area contributed by atoms with Gasteiger partial charge in [-0.05, 0) is 38.0 Å². The highest BCUT2D eigenvalue weighted by molar-refractivity contribution is 7.90. The van der Waals surface area contributed by atoms with Crippen LogP contribution in [0.15, 0.2) is 52.9 Å². The van der Waals surface area contributed by atoms with Crippen LogP contribution in [0.25, 0.3) is 10.9 Å². The summed E-state index contributed by atoms with van der Waals surface area (Å²) in [5, 5.41) is 6.85. The molecule has 1 amide bonds. The van der Waals surface area contributed by atoms with Crippen LogP contribution >= 0.6 is 11.3 Å². The van der Waals surface area contributed by atoms with Crippen molar-refractivity contribution in [2.45, 2.75) is 49.1 Å². The largest absolute Gasteiger partial charge is 0.435 e. The minimum absolute atomic E-state index is 0.0722. The third-order valence-corrected chi connectivity index (χ3v) is 9.32. The van der Waals surface area contributed by atoms with Crippen LogP contribution in [-0.4, -0.2) is 52.1 Å². The molecule has 8 nitrogen and oxygen atoms in total. The second-order valence-electron chi connectivity index (χ2n) is 9.25. The number of alkyl halides is 3.